The Balaban J connectivity index is 1.17. The number of nitrogens with zero attached hydrogens (tertiary/aromatic N) is 4. The summed E-state index contributed by atoms with van der Waals surface area (Å²) in [6.07, 6.45) is 8.55. The minimum Gasteiger partial charge on any atom is -0.364 e. The molecule has 7 nitrogen and oxygen atoms in total. The average Bonchev–Trinajstić information content (AvgIpc) is 3.69. The second kappa shape index (κ2) is 7.83. The van der Waals surface area contributed by atoms with Gasteiger partial charge in [0.15, 0.2) is 0 Å². The summed E-state index contributed by atoms with van der Waals surface area (Å²) < 4.78 is 0. The fourth-order valence-electron chi connectivity index (χ4n) is 5.24. The quantitative estimate of drug-likeness (QED) is 0.665. The monoisotopic (exact) mass is 441 g/mol. The molecule has 1 N–H and O–H groups in total. The highest BCUT2D eigenvalue weighted by atomic mass is 16.2. The molecule has 1 saturated carbocycles. The van der Waals surface area contributed by atoms with Gasteiger partial charge in [-0.1, -0.05) is 0 Å². The van der Waals surface area contributed by atoms with Crippen LogP contribution in [0.3, 0.4) is 0 Å². The number of hydrogen-bond acceptors (Lipinski definition) is 5. The molecule has 2 aliphatic heterocycles. The van der Waals surface area contributed by atoms with Crippen LogP contribution in [0.15, 0.2) is 54.9 Å². The molecule has 0 bridgehead atoms. The van der Waals surface area contributed by atoms with Gasteiger partial charge in [-0.3, -0.25) is 19.6 Å². The lowest BCUT2D eigenvalue weighted by atomic mass is 9.77. The normalized spacial score (nSPS) is 22.3. The number of fused-ring (bicyclic) bond motifs is 1. The molecule has 1 atom stereocenters. The highest BCUT2D eigenvalue weighted by Crippen LogP contribution is 2.42. The molecule has 2 aromatic carbocycles. The molecule has 3 fully saturated rings. The van der Waals surface area contributed by atoms with Gasteiger partial charge in [0.2, 0.25) is 5.91 Å². The molecule has 33 heavy (non-hydrogen) atoms. The number of benzene rings is 2. The van der Waals surface area contributed by atoms with E-state index >= 15 is 0 Å². The molecule has 3 aromatic rings. The first kappa shape index (κ1) is 20.1. The summed E-state index contributed by atoms with van der Waals surface area (Å²) in [5.41, 5.74) is 4.36. The van der Waals surface area contributed by atoms with E-state index in [4.69, 9.17) is 0 Å². The van der Waals surface area contributed by atoms with Gasteiger partial charge >= 0.3 is 0 Å². The predicted molar refractivity (Wildman–Crippen MR) is 127 cm³/mol. The summed E-state index contributed by atoms with van der Waals surface area (Å²) >= 11 is 0. The lowest BCUT2D eigenvalue weighted by Gasteiger charge is -2.58. The van der Waals surface area contributed by atoms with Gasteiger partial charge in [0.1, 0.15) is 0 Å². The zero-order valence-electron chi connectivity index (χ0n) is 18.5. The van der Waals surface area contributed by atoms with Crippen molar-refractivity contribution in [2.45, 2.75) is 37.6 Å². The van der Waals surface area contributed by atoms with Crippen LogP contribution < -0.4 is 10.2 Å². The van der Waals surface area contributed by atoms with E-state index < -0.39 is 0 Å². The van der Waals surface area contributed by atoms with Crippen LogP contribution in [-0.2, 0) is 4.79 Å². The first-order valence-corrected chi connectivity index (χ1v) is 11.8. The molecule has 0 unspecified atom stereocenters. The SMILES string of the molecule is O=C(Nc1ccc(C(=O)N2CCC[C@@]3(CCN3c3ccc4nccnc4c3)C2)cc1)C1CC1. The largest absolute Gasteiger partial charge is 0.364 e. The van der Waals surface area contributed by atoms with Crippen LogP contribution in [0.1, 0.15) is 42.5 Å². The summed E-state index contributed by atoms with van der Waals surface area (Å²) in [6.45, 7) is 2.49. The molecule has 2 saturated heterocycles. The molecule has 168 valence electrons. The van der Waals surface area contributed by atoms with Gasteiger partial charge in [0, 0.05) is 54.9 Å². The minimum atomic E-state index is -0.0119. The molecule has 1 aliphatic carbocycles. The minimum absolute atomic E-state index is 0.0119. The first-order valence-electron chi connectivity index (χ1n) is 11.8. The Labute approximate surface area is 192 Å². The van der Waals surface area contributed by atoms with E-state index in [-0.39, 0.29) is 23.3 Å². The van der Waals surface area contributed by atoms with Crippen LogP contribution in [0.5, 0.6) is 0 Å². The summed E-state index contributed by atoms with van der Waals surface area (Å²) in [7, 11) is 0. The average molecular weight is 442 g/mol. The molecule has 1 spiro atoms. The summed E-state index contributed by atoms with van der Waals surface area (Å²) in [4.78, 5) is 38.5. The van der Waals surface area contributed by atoms with E-state index in [1.165, 1.54) is 0 Å². The van der Waals surface area contributed by atoms with E-state index in [1.54, 1.807) is 12.4 Å². The zero-order chi connectivity index (χ0) is 22.4. The molecule has 1 aromatic heterocycles. The molecule has 3 heterocycles. The molecular weight excluding hydrogens is 414 g/mol. The number of nitrogens with one attached hydrogen (secondary N) is 1. The number of piperidine rings is 1. The Kier molecular flexibility index (Phi) is 4.78. The summed E-state index contributed by atoms with van der Waals surface area (Å²) in [5.74, 6) is 0.304. The van der Waals surface area contributed by atoms with Crippen molar-refractivity contribution >= 4 is 34.2 Å². The van der Waals surface area contributed by atoms with Gasteiger partial charge in [-0.15, -0.1) is 0 Å². The maximum atomic E-state index is 13.3. The van der Waals surface area contributed by atoms with Crippen molar-refractivity contribution in [2.75, 3.05) is 29.9 Å². The fraction of sp³-hybridized carbons (Fsp3) is 0.385. The Morgan fingerprint density at radius 1 is 0.939 bits per heavy atom. The number of hydrogen-bond donors (Lipinski definition) is 1. The highest BCUT2D eigenvalue weighted by Gasteiger charge is 2.48. The van der Waals surface area contributed by atoms with Gasteiger partial charge in [0.05, 0.1) is 16.6 Å². The van der Waals surface area contributed by atoms with Crippen molar-refractivity contribution in [3.8, 4) is 0 Å². The predicted octanol–water partition coefficient (Wildman–Crippen LogP) is 3.86. The van der Waals surface area contributed by atoms with Crippen LogP contribution in [-0.4, -0.2) is 51.9 Å². The Bertz CT molecular complexity index is 1220. The number of aromatic nitrogens is 2. The van der Waals surface area contributed by atoms with Crippen molar-refractivity contribution < 1.29 is 9.59 Å². The van der Waals surface area contributed by atoms with Crippen molar-refractivity contribution in [3.05, 3.63) is 60.4 Å². The van der Waals surface area contributed by atoms with Crippen molar-refractivity contribution in [1.82, 2.24) is 14.9 Å². The van der Waals surface area contributed by atoms with E-state index in [0.717, 1.165) is 74.1 Å². The van der Waals surface area contributed by atoms with Crippen molar-refractivity contribution in [1.29, 1.82) is 0 Å². The molecule has 6 rings (SSSR count). The molecular formula is C26H27N5O2. The van der Waals surface area contributed by atoms with Crippen molar-refractivity contribution in [2.24, 2.45) is 5.92 Å². The van der Waals surface area contributed by atoms with E-state index in [2.05, 4.69) is 32.3 Å². The van der Waals surface area contributed by atoms with Crippen LogP contribution in [0, 0.1) is 5.92 Å². The van der Waals surface area contributed by atoms with E-state index in [1.807, 2.05) is 35.2 Å². The third kappa shape index (κ3) is 3.71. The third-order valence-corrected chi connectivity index (χ3v) is 7.33. The lowest BCUT2D eigenvalue weighted by molar-refractivity contribution is -0.117. The number of likely N-dealkylation sites (tertiary alicyclic amines) is 1. The Morgan fingerprint density at radius 2 is 1.73 bits per heavy atom. The summed E-state index contributed by atoms with van der Waals surface area (Å²) in [6, 6.07) is 13.6. The van der Waals surface area contributed by atoms with Crippen LogP contribution in [0.25, 0.3) is 11.0 Å². The standard InChI is InChI=1S/C26H27N5O2/c32-24(18-2-3-18)29-20-6-4-19(5-7-20)25(33)30-14-1-10-26(17-30)11-15-31(26)21-8-9-22-23(16-21)28-13-12-27-22/h4-9,12-13,16,18H,1-3,10-11,14-15,17H2,(H,29,32)/t26-/m1/s1. The van der Waals surface area contributed by atoms with Gasteiger partial charge < -0.3 is 15.1 Å². The molecule has 7 heteroatoms. The van der Waals surface area contributed by atoms with Crippen molar-refractivity contribution in [3.63, 3.8) is 0 Å². The number of carbonyl (C=O) groups excluding carboxylic acids is 2. The number of carbonyl (C=O) groups is 2. The third-order valence-electron chi connectivity index (χ3n) is 7.33. The van der Waals surface area contributed by atoms with E-state index in [9.17, 15) is 9.59 Å². The van der Waals surface area contributed by atoms with Gasteiger partial charge in [-0.25, -0.2) is 0 Å². The maximum absolute atomic E-state index is 13.3. The smallest absolute Gasteiger partial charge is 0.253 e. The van der Waals surface area contributed by atoms with Crippen LogP contribution >= 0.6 is 0 Å². The van der Waals surface area contributed by atoms with Gasteiger partial charge in [-0.2, -0.15) is 0 Å². The Morgan fingerprint density at radius 3 is 2.45 bits per heavy atom. The fourth-order valence-corrected chi connectivity index (χ4v) is 5.24. The second-order valence-corrected chi connectivity index (χ2v) is 9.53. The zero-order valence-corrected chi connectivity index (χ0v) is 18.5. The highest BCUT2D eigenvalue weighted by molar-refractivity contribution is 5.97. The molecule has 2 amide bonds. The maximum Gasteiger partial charge on any atom is 0.253 e. The topological polar surface area (TPSA) is 78.4 Å². The lowest BCUT2D eigenvalue weighted by Crippen LogP contribution is -2.67. The summed E-state index contributed by atoms with van der Waals surface area (Å²) in [5, 5.41) is 2.94. The Hall–Kier alpha value is -3.48. The van der Waals surface area contributed by atoms with Crippen LogP contribution in [0.2, 0.25) is 0 Å². The number of anilines is 2. The van der Waals surface area contributed by atoms with E-state index in [0.29, 0.717) is 5.56 Å². The first-order chi connectivity index (χ1) is 16.1. The molecule has 0 radical (unpaired) electrons. The number of amides is 2. The second-order valence-electron chi connectivity index (χ2n) is 9.53. The van der Waals surface area contributed by atoms with Gasteiger partial charge in [0.25, 0.3) is 5.91 Å². The van der Waals surface area contributed by atoms with Crippen LogP contribution in [0.4, 0.5) is 11.4 Å². The number of rotatable bonds is 4. The van der Waals surface area contributed by atoms with Gasteiger partial charge in [-0.05, 0) is 74.6 Å². The molecule has 3 aliphatic rings.